The van der Waals surface area contributed by atoms with E-state index in [0.29, 0.717) is 38.6 Å². The molecule has 0 radical (unpaired) electrons. The Balaban J connectivity index is 1.53. The van der Waals surface area contributed by atoms with Crippen molar-refractivity contribution in [3.63, 3.8) is 0 Å². The van der Waals surface area contributed by atoms with Crippen molar-refractivity contribution in [2.45, 2.75) is 38.5 Å². The second-order valence-electron chi connectivity index (χ2n) is 6.36. The Bertz CT molecular complexity index is 815. The number of nitrogens with zero attached hydrogens (tertiary/aromatic N) is 1. The number of ether oxygens (including phenoxy) is 2. The minimum atomic E-state index is -0.0754. The third kappa shape index (κ3) is 4.69. The normalized spacial score (nSPS) is 13.7. The second kappa shape index (κ2) is 9.25. The molecule has 0 fully saturated rings. The highest BCUT2D eigenvalue weighted by molar-refractivity contribution is 7.18. The van der Waals surface area contributed by atoms with Gasteiger partial charge in [0.05, 0.1) is 25.2 Å². The minimum absolute atomic E-state index is 0.0728. The zero-order chi connectivity index (χ0) is 18.4. The number of aromatic nitrogens is 2. The Labute approximate surface area is 156 Å². The van der Waals surface area contributed by atoms with Gasteiger partial charge in [-0.1, -0.05) is 0 Å². The molecule has 26 heavy (non-hydrogen) atoms. The molecule has 0 atom stereocenters. The van der Waals surface area contributed by atoms with Gasteiger partial charge in [-0.3, -0.25) is 9.59 Å². The molecule has 0 spiro atoms. The molecule has 142 valence electrons. The number of carbonyl (C=O) groups excluding carboxylic acids is 1. The summed E-state index contributed by atoms with van der Waals surface area (Å²) in [5, 5.41) is 3.56. The molecular formula is C18H25N3O4S. The molecule has 0 aromatic carbocycles. The summed E-state index contributed by atoms with van der Waals surface area (Å²) in [7, 11) is 1.62. The highest BCUT2D eigenvalue weighted by atomic mass is 32.1. The molecule has 0 aliphatic heterocycles. The van der Waals surface area contributed by atoms with Crippen LogP contribution in [0, 0.1) is 0 Å². The number of nitrogens with one attached hydrogen (secondary N) is 2. The molecule has 1 aliphatic carbocycles. The first-order chi connectivity index (χ1) is 12.7. The molecule has 1 amide bonds. The average Bonchev–Trinajstić information content (AvgIpc) is 3.01. The molecule has 0 saturated heterocycles. The van der Waals surface area contributed by atoms with Crippen molar-refractivity contribution >= 4 is 27.5 Å². The van der Waals surface area contributed by atoms with Gasteiger partial charge in [0.1, 0.15) is 10.7 Å². The van der Waals surface area contributed by atoms with Gasteiger partial charge < -0.3 is 19.8 Å². The van der Waals surface area contributed by atoms with E-state index in [-0.39, 0.29) is 17.9 Å². The van der Waals surface area contributed by atoms with Gasteiger partial charge in [-0.25, -0.2) is 4.98 Å². The van der Waals surface area contributed by atoms with E-state index in [1.54, 1.807) is 18.4 Å². The third-order valence-corrected chi connectivity index (χ3v) is 5.65. The first-order valence-electron chi connectivity index (χ1n) is 9.06. The van der Waals surface area contributed by atoms with Gasteiger partial charge in [0.2, 0.25) is 5.91 Å². The van der Waals surface area contributed by atoms with Crippen molar-refractivity contribution in [3.05, 3.63) is 26.6 Å². The van der Waals surface area contributed by atoms with E-state index in [1.807, 2.05) is 0 Å². The molecule has 0 bridgehead atoms. The van der Waals surface area contributed by atoms with E-state index in [4.69, 9.17) is 9.47 Å². The van der Waals surface area contributed by atoms with Crippen molar-refractivity contribution in [3.8, 4) is 0 Å². The van der Waals surface area contributed by atoms with Crippen molar-refractivity contribution in [1.29, 1.82) is 0 Å². The zero-order valence-electron chi connectivity index (χ0n) is 15.1. The fourth-order valence-corrected chi connectivity index (χ4v) is 4.44. The van der Waals surface area contributed by atoms with Gasteiger partial charge in [-0.15, -0.1) is 11.3 Å². The number of thiophene rings is 1. The summed E-state index contributed by atoms with van der Waals surface area (Å²) in [6.07, 6.45) is 5.03. The molecule has 0 unspecified atom stereocenters. The summed E-state index contributed by atoms with van der Waals surface area (Å²) < 4.78 is 10.2. The van der Waals surface area contributed by atoms with Crippen LogP contribution in [0.25, 0.3) is 10.2 Å². The maximum absolute atomic E-state index is 12.5. The quantitative estimate of drug-likeness (QED) is 0.645. The van der Waals surface area contributed by atoms with Gasteiger partial charge in [-0.05, 0) is 31.2 Å². The molecular weight excluding hydrogens is 354 g/mol. The van der Waals surface area contributed by atoms with E-state index in [0.717, 1.165) is 29.5 Å². The number of hydrogen-bond acceptors (Lipinski definition) is 6. The minimum Gasteiger partial charge on any atom is -0.382 e. The van der Waals surface area contributed by atoms with E-state index >= 15 is 0 Å². The van der Waals surface area contributed by atoms with Crippen LogP contribution >= 0.6 is 11.3 Å². The number of amides is 1. The number of aromatic amines is 1. The van der Waals surface area contributed by atoms with Gasteiger partial charge >= 0.3 is 0 Å². The Morgan fingerprint density at radius 2 is 2.12 bits per heavy atom. The average molecular weight is 379 g/mol. The predicted molar refractivity (Wildman–Crippen MR) is 101 cm³/mol. The van der Waals surface area contributed by atoms with Gasteiger partial charge in [0.15, 0.2) is 0 Å². The van der Waals surface area contributed by atoms with E-state index < -0.39 is 0 Å². The Hall–Kier alpha value is -1.77. The van der Waals surface area contributed by atoms with Crippen LogP contribution in [0.2, 0.25) is 0 Å². The fourth-order valence-electron chi connectivity index (χ4n) is 3.15. The highest BCUT2D eigenvalue weighted by Crippen LogP contribution is 2.33. The fraction of sp³-hybridized carbons (Fsp3) is 0.611. The summed E-state index contributed by atoms with van der Waals surface area (Å²) in [5.41, 5.74) is 1.11. The third-order valence-electron chi connectivity index (χ3n) is 4.46. The van der Waals surface area contributed by atoms with Crippen LogP contribution in [0.5, 0.6) is 0 Å². The van der Waals surface area contributed by atoms with Crippen molar-refractivity contribution < 1.29 is 14.3 Å². The van der Waals surface area contributed by atoms with Crippen LogP contribution in [-0.4, -0.2) is 49.4 Å². The molecule has 7 nitrogen and oxygen atoms in total. The van der Waals surface area contributed by atoms with Crippen LogP contribution in [0.3, 0.4) is 0 Å². The van der Waals surface area contributed by atoms with Crippen LogP contribution in [0.15, 0.2) is 4.79 Å². The standard InChI is InChI=1S/C18H25N3O4S/c1-24-10-11-25-9-8-19-15(22)7-6-14-20-17(23)16-12-4-2-3-5-13(12)26-18(16)21-14/h2-11H2,1H3,(H,19,22)(H,20,21,23). The van der Waals surface area contributed by atoms with Gasteiger partial charge in [-0.2, -0.15) is 0 Å². The molecule has 3 rings (SSSR count). The van der Waals surface area contributed by atoms with Crippen molar-refractivity contribution in [2.75, 3.05) is 33.5 Å². The molecule has 2 heterocycles. The summed E-state index contributed by atoms with van der Waals surface area (Å²) >= 11 is 1.63. The second-order valence-corrected chi connectivity index (χ2v) is 7.44. The van der Waals surface area contributed by atoms with Crippen molar-refractivity contribution in [1.82, 2.24) is 15.3 Å². The number of carbonyl (C=O) groups is 1. The lowest BCUT2D eigenvalue weighted by Gasteiger charge is -2.09. The van der Waals surface area contributed by atoms with E-state index in [1.165, 1.54) is 16.9 Å². The molecule has 1 aliphatic rings. The Morgan fingerprint density at radius 3 is 2.96 bits per heavy atom. The topological polar surface area (TPSA) is 93.3 Å². The number of aryl methyl sites for hydroxylation is 3. The maximum Gasteiger partial charge on any atom is 0.259 e. The summed E-state index contributed by atoms with van der Waals surface area (Å²) in [6.45, 7) is 1.98. The lowest BCUT2D eigenvalue weighted by Crippen LogP contribution is -2.28. The van der Waals surface area contributed by atoms with Gasteiger partial charge in [0.25, 0.3) is 5.56 Å². The first kappa shape index (κ1) is 19.0. The number of hydrogen-bond donors (Lipinski definition) is 2. The molecule has 2 aromatic heterocycles. The number of methoxy groups -OCH3 is 1. The Morgan fingerprint density at radius 1 is 1.27 bits per heavy atom. The van der Waals surface area contributed by atoms with E-state index in [2.05, 4.69) is 15.3 Å². The summed E-state index contributed by atoms with van der Waals surface area (Å²) in [6, 6.07) is 0. The summed E-state index contributed by atoms with van der Waals surface area (Å²) in [4.78, 5) is 33.9. The molecule has 0 saturated carbocycles. The van der Waals surface area contributed by atoms with Crippen LogP contribution < -0.4 is 10.9 Å². The van der Waals surface area contributed by atoms with Crippen molar-refractivity contribution in [2.24, 2.45) is 0 Å². The lowest BCUT2D eigenvalue weighted by atomic mass is 9.97. The largest absolute Gasteiger partial charge is 0.382 e. The molecule has 2 aromatic rings. The lowest BCUT2D eigenvalue weighted by molar-refractivity contribution is -0.121. The van der Waals surface area contributed by atoms with Crippen LogP contribution in [0.4, 0.5) is 0 Å². The zero-order valence-corrected chi connectivity index (χ0v) is 15.9. The van der Waals surface area contributed by atoms with Crippen LogP contribution in [-0.2, 0) is 33.5 Å². The molecule has 2 N–H and O–H groups in total. The smallest absolute Gasteiger partial charge is 0.259 e. The van der Waals surface area contributed by atoms with E-state index in [9.17, 15) is 9.59 Å². The SMILES string of the molecule is COCCOCCNC(=O)CCc1nc2sc3c(c2c(=O)[nH]1)CCCC3. The highest BCUT2D eigenvalue weighted by Gasteiger charge is 2.19. The monoisotopic (exact) mass is 379 g/mol. The number of fused-ring (bicyclic) bond motifs is 3. The molecule has 8 heteroatoms. The first-order valence-corrected chi connectivity index (χ1v) is 9.87. The Kier molecular flexibility index (Phi) is 6.76. The summed E-state index contributed by atoms with van der Waals surface area (Å²) in [5.74, 6) is 0.501. The van der Waals surface area contributed by atoms with Crippen LogP contribution in [0.1, 0.15) is 35.5 Å². The number of H-pyrrole nitrogens is 1. The predicted octanol–water partition coefficient (Wildman–Crippen LogP) is 1.58. The maximum atomic E-state index is 12.5. The van der Waals surface area contributed by atoms with Gasteiger partial charge in [0, 0.05) is 31.4 Å². The number of rotatable bonds is 9.